The summed E-state index contributed by atoms with van der Waals surface area (Å²) in [5.74, 6) is -0.971. The molecule has 0 saturated carbocycles. The van der Waals surface area contributed by atoms with Crippen molar-refractivity contribution >= 4 is 11.9 Å². The van der Waals surface area contributed by atoms with E-state index >= 15 is 0 Å². The SMILES string of the molecule is C=C(C)C(=O)NCCCCC(=O)O. The Kier molecular flexibility index (Phi) is 5.59. The van der Waals surface area contributed by atoms with Crippen LogP contribution in [0.3, 0.4) is 0 Å². The second-order valence-corrected chi connectivity index (χ2v) is 2.89. The lowest BCUT2D eigenvalue weighted by atomic mass is 10.2. The van der Waals surface area contributed by atoms with Crippen LogP contribution in [0.15, 0.2) is 12.2 Å². The molecule has 0 spiro atoms. The van der Waals surface area contributed by atoms with Crippen LogP contribution in [0, 0.1) is 0 Å². The molecule has 0 aliphatic heterocycles. The van der Waals surface area contributed by atoms with Gasteiger partial charge in [0.05, 0.1) is 0 Å². The first-order valence-corrected chi connectivity index (χ1v) is 4.19. The molecule has 4 heteroatoms. The Morgan fingerprint density at radius 3 is 2.46 bits per heavy atom. The molecule has 4 nitrogen and oxygen atoms in total. The Hall–Kier alpha value is -1.32. The Morgan fingerprint density at radius 1 is 1.38 bits per heavy atom. The fraction of sp³-hybridized carbons (Fsp3) is 0.556. The maximum atomic E-state index is 10.9. The van der Waals surface area contributed by atoms with E-state index in [9.17, 15) is 9.59 Å². The number of nitrogens with one attached hydrogen (secondary N) is 1. The third kappa shape index (κ3) is 7.05. The zero-order valence-electron chi connectivity index (χ0n) is 7.80. The highest BCUT2D eigenvalue weighted by Crippen LogP contribution is 1.94. The van der Waals surface area contributed by atoms with Gasteiger partial charge in [0.25, 0.3) is 0 Å². The molecule has 0 aromatic rings. The molecule has 0 rings (SSSR count). The smallest absolute Gasteiger partial charge is 0.303 e. The molecule has 0 aromatic heterocycles. The third-order valence-electron chi connectivity index (χ3n) is 1.49. The van der Waals surface area contributed by atoms with Crippen molar-refractivity contribution in [1.82, 2.24) is 5.32 Å². The lowest BCUT2D eigenvalue weighted by Crippen LogP contribution is -2.24. The van der Waals surface area contributed by atoms with Crippen LogP contribution < -0.4 is 5.32 Å². The summed E-state index contributed by atoms with van der Waals surface area (Å²) < 4.78 is 0. The number of hydrogen-bond donors (Lipinski definition) is 2. The largest absolute Gasteiger partial charge is 0.481 e. The van der Waals surface area contributed by atoms with Gasteiger partial charge in [-0.15, -0.1) is 0 Å². The van der Waals surface area contributed by atoms with Gasteiger partial charge in [0.1, 0.15) is 0 Å². The van der Waals surface area contributed by atoms with E-state index in [1.54, 1.807) is 6.92 Å². The molecular formula is C9H15NO3. The molecule has 0 bridgehead atoms. The number of hydrogen-bond acceptors (Lipinski definition) is 2. The van der Waals surface area contributed by atoms with Gasteiger partial charge >= 0.3 is 5.97 Å². The second-order valence-electron chi connectivity index (χ2n) is 2.89. The van der Waals surface area contributed by atoms with E-state index in [0.717, 1.165) is 0 Å². The summed E-state index contributed by atoms with van der Waals surface area (Å²) in [5.41, 5.74) is 0.471. The Balaban J connectivity index is 3.31. The first-order chi connectivity index (χ1) is 6.04. The highest BCUT2D eigenvalue weighted by Gasteiger charge is 2.00. The Labute approximate surface area is 77.6 Å². The van der Waals surface area contributed by atoms with E-state index in [1.165, 1.54) is 0 Å². The number of carbonyl (C=O) groups excluding carboxylic acids is 1. The van der Waals surface area contributed by atoms with Gasteiger partial charge in [-0.05, 0) is 19.8 Å². The van der Waals surface area contributed by atoms with E-state index < -0.39 is 5.97 Å². The van der Waals surface area contributed by atoms with Crippen LogP contribution in [-0.2, 0) is 9.59 Å². The number of carboxylic acid groups (broad SMARTS) is 1. The van der Waals surface area contributed by atoms with Crippen LogP contribution in [0.4, 0.5) is 0 Å². The van der Waals surface area contributed by atoms with Gasteiger partial charge in [-0.25, -0.2) is 0 Å². The number of carboxylic acids is 1. The predicted octanol–water partition coefficient (Wildman–Crippen LogP) is 0.934. The summed E-state index contributed by atoms with van der Waals surface area (Å²) in [6.07, 6.45) is 1.43. The van der Waals surface area contributed by atoms with Gasteiger partial charge < -0.3 is 10.4 Å². The average molecular weight is 185 g/mol. The van der Waals surface area contributed by atoms with Crippen LogP contribution in [0.25, 0.3) is 0 Å². The maximum Gasteiger partial charge on any atom is 0.303 e. The summed E-state index contributed by atoms with van der Waals surface area (Å²) >= 11 is 0. The van der Waals surface area contributed by atoms with Crippen LogP contribution in [0.5, 0.6) is 0 Å². The van der Waals surface area contributed by atoms with Crippen molar-refractivity contribution in [3.8, 4) is 0 Å². The van der Waals surface area contributed by atoms with Crippen molar-refractivity contribution in [1.29, 1.82) is 0 Å². The van der Waals surface area contributed by atoms with Crippen molar-refractivity contribution in [3.63, 3.8) is 0 Å². The molecule has 0 unspecified atom stereocenters. The van der Waals surface area contributed by atoms with Gasteiger partial charge in [0, 0.05) is 18.5 Å². The molecule has 0 aliphatic rings. The summed E-state index contributed by atoms with van der Waals surface area (Å²) in [6, 6.07) is 0. The number of aliphatic carboxylic acids is 1. The highest BCUT2D eigenvalue weighted by atomic mass is 16.4. The average Bonchev–Trinajstić information content (AvgIpc) is 2.02. The zero-order chi connectivity index (χ0) is 10.3. The fourth-order valence-corrected chi connectivity index (χ4v) is 0.754. The number of carbonyl (C=O) groups is 2. The van der Waals surface area contributed by atoms with Gasteiger partial charge in [-0.3, -0.25) is 9.59 Å². The van der Waals surface area contributed by atoms with E-state index in [2.05, 4.69) is 11.9 Å². The summed E-state index contributed by atoms with van der Waals surface area (Å²) in [7, 11) is 0. The molecule has 0 aliphatic carbocycles. The number of rotatable bonds is 6. The molecule has 74 valence electrons. The fourth-order valence-electron chi connectivity index (χ4n) is 0.754. The van der Waals surface area contributed by atoms with Crippen molar-refractivity contribution in [2.75, 3.05) is 6.54 Å². The standard InChI is InChI=1S/C9H15NO3/c1-7(2)9(13)10-6-4-3-5-8(11)12/h1,3-6H2,2H3,(H,10,13)(H,11,12). The Morgan fingerprint density at radius 2 is 2.00 bits per heavy atom. The first-order valence-electron chi connectivity index (χ1n) is 4.19. The van der Waals surface area contributed by atoms with Crippen LogP contribution in [0.1, 0.15) is 26.2 Å². The normalized spacial score (nSPS) is 9.31. The van der Waals surface area contributed by atoms with Crippen molar-refractivity contribution in [3.05, 3.63) is 12.2 Å². The molecule has 0 radical (unpaired) electrons. The van der Waals surface area contributed by atoms with E-state index in [4.69, 9.17) is 5.11 Å². The summed E-state index contributed by atoms with van der Waals surface area (Å²) in [6.45, 7) is 5.62. The molecule has 0 saturated heterocycles. The molecule has 1 amide bonds. The minimum Gasteiger partial charge on any atom is -0.481 e. The molecule has 13 heavy (non-hydrogen) atoms. The third-order valence-corrected chi connectivity index (χ3v) is 1.49. The van der Waals surface area contributed by atoms with Crippen molar-refractivity contribution in [2.45, 2.75) is 26.2 Å². The molecule has 2 N–H and O–H groups in total. The summed E-state index contributed by atoms with van der Waals surface area (Å²) in [4.78, 5) is 21.0. The summed E-state index contributed by atoms with van der Waals surface area (Å²) in [5, 5.41) is 10.9. The van der Waals surface area contributed by atoms with Crippen molar-refractivity contribution < 1.29 is 14.7 Å². The molecule has 0 heterocycles. The molecule has 0 fully saturated rings. The van der Waals surface area contributed by atoms with E-state index in [0.29, 0.717) is 25.0 Å². The van der Waals surface area contributed by atoms with Gasteiger partial charge in [-0.1, -0.05) is 6.58 Å². The Bertz CT molecular complexity index is 211. The van der Waals surface area contributed by atoms with E-state index in [1.807, 2.05) is 0 Å². The topological polar surface area (TPSA) is 66.4 Å². The van der Waals surface area contributed by atoms with E-state index in [-0.39, 0.29) is 12.3 Å². The monoisotopic (exact) mass is 185 g/mol. The predicted molar refractivity (Wildman–Crippen MR) is 49.3 cm³/mol. The molecule has 0 aromatic carbocycles. The lowest BCUT2D eigenvalue weighted by Gasteiger charge is -2.02. The van der Waals surface area contributed by atoms with Crippen molar-refractivity contribution in [2.24, 2.45) is 0 Å². The van der Waals surface area contributed by atoms with Gasteiger partial charge in [0.15, 0.2) is 0 Å². The number of unbranched alkanes of at least 4 members (excludes halogenated alkanes) is 1. The first kappa shape index (κ1) is 11.7. The zero-order valence-corrected chi connectivity index (χ0v) is 7.80. The maximum absolute atomic E-state index is 10.9. The minimum absolute atomic E-state index is 0.156. The highest BCUT2D eigenvalue weighted by molar-refractivity contribution is 5.91. The van der Waals surface area contributed by atoms with Crippen LogP contribution >= 0.6 is 0 Å². The quantitative estimate of drug-likeness (QED) is 0.478. The molecule has 0 atom stereocenters. The van der Waals surface area contributed by atoms with Gasteiger partial charge in [0.2, 0.25) is 5.91 Å². The molecular weight excluding hydrogens is 170 g/mol. The van der Waals surface area contributed by atoms with Crippen LogP contribution in [0.2, 0.25) is 0 Å². The minimum atomic E-state index is -0.800. The van der Waals surface area contributed by atoms with Gasteiger partial charge in [-0.2, -0.15) is 0 Å². The second kappa shape index (κ2) is 6.22. The lowest BCUT2D eigenvalue weighted by molar-refractivity contribution is -0.137. The number of amides is 1. The van der Waals surface area contributed by atoms with Crippen LogP contribution in [-0.4, -0.2) is 23.5 Å².